The largest absolute Gasteiger partial charge is 1.00 e. The predicted molar refractivity (Wildman–Crippen MR) is 223 cm³/mol. The molecule has 0 radical (unpaired) electrons. The van der Waals surface area contributed by atoms with Crippen LogP contribution in [-0.4, -0.2) is 49.8 Å². The van der Waals surface area contributed by atoms with Crippen LogP contribution in [0.2, 0.25) is 5.02 Å². The number of esters is 1. The van der Waals surface area contributed by atoms with Crippen molar-refractivity contribution in [1.82, 2.24) is 0 Å². The van der Waals surface area contributed by atoms with Gasteiger partial charge in [-0.05, 0) is 109 Å². The minimum Gasteiger partial charge on any atom is -0.744 e. The molecule has 2 N–H and O–H groups in total. The maximum atomic E-state index is 13.8. The number of ketones is 1. The summed E-state index contributed by atoms with van der Waals surface area (Å²) in [6.45, 7) is 2.93. The number of rotatable bonds is 16. The number of anilines is 2. The van der Waals surface area contributed by atoms with Gasteiger partial charge in [0.05, 0.1) is 62.0 Å². The second-order valence-electron chi connectivity index (χ2n) is 13.0. The van der Waals surface area contributed by atoms with Gasteiger partial charge < -0.3 is 34.7 Å². The Morgan fingerprint density at radius 2 is 1.47 bits per heavy atom. The maximum absolute atomic E-state index is 13.8. The van der Waals surface area contributed by atoms with Crippen molar-refractivity contribution in [2.45, 2.75) is 29.7 Å². The van der Waals surface area contributed by atoms with Gasteiger partial charge in [0.1, 0.15) is 27.3 Å². The Labute approximate surface area is 419 Å². The Hall–Kier alpha value is -4.71. The number of benzene rings is 6. The summed E-state index contributed by atoms with van der Waals surface area (Å²) in [6, 6.07) is 27.5. The number of Topliss-reactive ketones (excluding diaryl/α,β-unsaturated/α-hetero) is 1. The van der Waals surface area contributed by atoms with Gasteiger partial charge in [0.2, 0.25) is 17.8 Å². The molecule has 0 saturated carbocycles. The number of aryl methyl sites for hydroxylation is 1. The van der Waals surface area contributed by atoms with Gasteiger partial charge in [-0.25, -0.2) is 13.2 Å². The number of amides is 2. The molecule has 1 unspecified atom stereocenters. The van der Waals surface area contributed by atoms with E-state index in [1.54, 1.807) is 55.5 Å². The number of methoxy groups -OCH3 is 1. The van der Waals surface area contributed by atoms with Crippen LogP contribution in [0.3, 0.4) is 0 Å². The fraction of sp³-hybridized carbons (Fsp3) is 0.0952. The van der Waals surface area contributed by atoms with E-state index >= 15 is 0 Å². The first-order valence-electron chi connectivity index (χ1n) is 17.9. The molecule has 2 amide bonds. The molecule has 6 rings (SSSR count). The van der Waals surface area contributed by atoms with Crippen LogP contribution in [0.25, 0.3) is 10.8 Å². The van der Waals surface area contributed by atoms with Crippen LogP contribution < -0.4 is 89.2 Å². The second kappa shape index (κ2) is 23.5. The quantitative estimate of drug-likeness (QED) is 0.0134. The summed E-state index contributed by atoms with van der Waals surface area (Å²) in [5.74, 6) is -2.94. The maximum Gasteiger partial charge on any atom is 1.00 e. The molecule has 0 spiro atoms. The molecule has 64 heavy (non-hydrogen) atoms. The SMILES string of the molecule is COc1ccc(C(=O)C(Oc2ccc(N=Nc3c(SOO[O-])cc4cc(S(=O)(=O)[O-])cc(NC(C)=O)c4c3OC(=O)c3ccccc3)cc2)C(=O)Nc2cc(C)ccc2Cl)cc1.[Na+].[Na+]. The van der Waals surface area contributed by atoms with Gasteiger partial charge in [-0.3, -0.25) is 19.4 Å². The number of nitrogens with zero attached hydrogens (tertiary/aromatic N) is 2. The van der Waals surface area contributed by atoms with Crippen molar-refractivity contribution >= 4 is 90.9 Å². The molecule has 0 aliphatic carbocycles. The van der Waals surface area contributed by atoms with E-state index in [9.17, 15) is 37.4 Å². The standard InChI is InChI=1S/C42H33ClN4O13S2.2Na/c1-23-9-18-32(43)33(19-23)45-41(50)40(38(49)25-10-14-29(56-3)15-11-25)57-30-16-12-28(13-17-30)46-47-37-35(61-60-59-52)21-27-20-31(62(53,54)55)22-34(44-24(2)48)36(27)39(37)58-42(51)26-7-5-4-6-8-26;;/h4-22,40,52H,1-3H3,(H,44,48)(H,45,50)(H,53,54,55);;/q;2*+1/p-2. The molecule has 22 heteroatoms. The van der Waals surface area contributed by atoms with Crippen molar-refractivity contribution < 1.29 is 120 Å². The van der Waals surface area contributed by atoms with Crippen LogP contribution in [0.1, 0.15) is 33.2 Å². The summed E-state index contributed by atoms with van der Waals surface area (Å²) in [5, 5.41) is 28.2. The number of nitrogens with one attached hydrogen (secondary N) is 2. The number of halogens is 1. The van der Waals surface area contributed by atoms with E-state index in [4.69, 9.17) is 25.8 Å². The van der Waals surface area contributed by atoms with Crippen LogP contribution in [0.4, 0.5) is 22.7 Å². The van der Waals surface area contributed by atoms with E-state index < -0.39 is 50.4 Å². The number of azo groups is 1. The summed E-state index contributed by atoms with van der Waals surface area (Å²) in [4.78, 5) is 52.4. The molecule has 0 aliphatic rings. The third-order valence-corrected chi connectivity index (χ3v) is 10.4. The number of carbonyl (C=O) groups excluding carboxylic acids is 4. The zero-order valence-electron chi connectivity index (χ0n) is 34.4. The molecule has 1 atom stereocenters. The van der Waals surface area contributed by atoms with Crippen molar-refractivity contribution in [3.05, 3.63) is 137 Å². The van der Waals surface area contributed by atoms with Gasteiger partial charge >= 0.3 is 65.1 Å². The molecule has 0 bridgehead atoms. The van der Waals surface area contributed by atoms with E-state index in [2.05, 4.69) is 30.2 Å². The minimum atomic E-state index is -5.10. The van der Waals surface area contributed by atoms with E-state index in [1.165, 1.54) is 61.7 Å². The summed E-state index contributed by atoms with van der Waals surface area (Å²) in [5.41, 5.74) is 0.907. The minimum absolute atomic E-state index is 0. The topological polar surface area (TPSA) is 243 Å². The Bertz CT molecular complexity index is 2820. The van der Waals surface area contributed by atoms with Crippen molar-refractivity contribution in [3.8, 4) is 17.2 Å². The smallest absolute Gasteiger partial charge is 0.744 e. The summed E-state index contributed by atoms with van der Waals surface area (Å²) >= 11 is 6.61. The third-order valence-electron chi connectivity index (χ3n) is 8.65. The fourth-order valence-electron chi connectivity index (χ4n) is 5.81. The first kappa shape index (κ1) is 51.9. The Morgan fingerprint density at radius 1 is 0.797 bits per heavy atom. The monoisotopic (exact) mass is 944 g/mol. The van der Waals surface area contributed by atoms with E-state index in [1.807, 2.05) is 0 Å². The summed E-state index contributed by atoms with van der Waals surface area (Å²) in [7, 11) is -3.63. The molecule has 0 aromatic heterocycles. The third kappa shape index (κ3) is 13.2. The van der Waals surface area contributed by atoms with E-state index in [-0.39, 0.29) is 131 Å². The average molecular weight is 945 g/mol. The number of fused-ring (bicyclic) bond motifs is 1. The van der Waals surface area contributed by atoms with Gasteiger partial charge in [0, 0.05) is 12.5 Å². The number of hydrogen-bond acceptors (Lipinski definition) is 16. The van der Waals surface area contributed by atoms with Gasteiger partial charge in [0.15, 0.2) is 5.75 Å². The first-order valence-corrected chi connectivity index (χ1v) is 20.4. The molecular formula is C42H31ClN4Na2O13S2. The van der Waals surface area contributed by atoms with Crippen LogP contribution in [0.15, 0.2) is 135 Å². The molecule has 6 aromatic carbocycles. The van der Waals surface area contributed by atoms with Crippen LogP contribution in [0.5, 0.6) is 17.2 Å². The van der Waals surface area contributed by atoms with Crippen molar-refractivity contribution in [1.29, 1.82) is 0 Å². The first-order chi connectivity index (χ1) is 29.6. The molecular weight excluding hydrogens is 914 g/mol. The molecule has 0 heterocycles. The summed E-state index contributed by atoms with van der Waals surface area (Å²) < 4.78 is 58.0. The Morgan fingerprint density at radius 3 is 2.09 bits per heavy atom. The summed E-state index contributed by atoms with van der Waals surface area (Å²) in [6.07, 6.45) is -1.70. The zero-order chi connectivity index (χ0) is 44.6. The van der Waals surface area contributed by atoms with Crippen LogP contribution in [0, 0.1) is 6.92 Å². The van der Waals surface area contributed by atoms with Crippen molar-refractivity contribution in [2.24, 2.45) is 10.2 Å². The molecule has 318 valence electrons. The van der Waals surface area contributed by atoms with E-state index in [0.29, 0.717) is 5.75 Å². The normalized spacial score (nSPS) is 11.5. The van der Waals surface area contributed by atoms with Crippen LogP contribution in [-0.2, 0) is 29.1 Å². The van der Waals surface area contributed by atoms with Crippen molar-refractivity contribution in [3.63, 3.8) is 0 Å². The fourth-order valence-corrected chi connectivity index (χ4v) is 7.00. The zero-order valence-corrected chi connectivity index (χ0v) is 40.8. The molecule has 6 aromatic rings. The van der Waals surface area contributed by atoms with E-state index in [0.717, 1.165) is 24.6 Å². The van der Waals surface area contributed by atoms with Gasteiger partial charge in [0.25, 0.3) is 5.91 Å². The predicted octanol–water partition coefficient (Wildman–Crippen LogP) is 1.81. The number of hydrogen-bond donors (Lipinski definition) is 2. The number of carbonyl (C=O) groups is 4. The Kier molecular flexibility index (Phi) is 19.0. The molecule has 0 fully saturated rings. The average Bonchev–Trinajstić information content (AvgIpc) is 3.25. The van der Waals surface area contributed by atoms with Gasteiger partial charge in [-0.2, -0.15) is 9.45 Å². The molecule has 17 nitrogen and oxygen atoms in total. The van der Waals surface area contributed by atoms with Gasteiger partial charge in [-0.15, -0.1) is 5.11 Å². The Balaban J connectivity index is 0.00000449. The number of ether oxygens (including phenoxy) is 3. The van der Waals surface area contributed by atoms with Gasteiger partial charge in [-0.1, -0.05) is 35.9 Å². The second-order valence-corrected chi connectivity index (χ2v) is 15.5. The molecule has 0 aliphatic heterocycles. The molecule has 0 saturated heterocycles. The van der Waals surface area contributed by atoms with Crippen molar-refractivity contribution in [2.75, 3.05) is 17.7 Å². The van der Waals surface area contributed by atoms with Crippen LogP contribution >= 0.6 is 23.6 Å².